The SMILES string of the molecule is CCOP(=O)(OCC)OC1=C(c2ccc(Cl)cc2)P(=O)(OCC)Oc2ccccc21. The van der Waals surface area contributed by atoms with E-state index in [0.717, 1.165) is 0 Å². The van der Waals surface area contributed by atoms with Gasteiger partial charge in [0.25, 0.3) is 0 Å². The van der Waals surface area contributed by atoms with Crippen LogP contribution in [0, 0.1) is 0 Å². The van der Waals surface area contributed by atoms with Crippen LogP contribution in [0.5, 0.6) is 5.75 Å². The van der Waals surface area contributed by atoms with E-state index in [1.54, 1.807) is 69.3 Å². The molecule has 0 radical (unpaired) electrons. The topological polar surface area (TPSA) is 80.3 Å². The third-order valence-electron chi connectivity index (χ3n) is 4.03. The molecule has 0 saturated heterocycles. The summed E-state index contributed by atoms with van der Waals surface area (Å²) < 4.78 is 54.9. The Labute approximate surface area is 181 Å². The molecular weight excluding hydrogens is 450 g/mol. The van der Waals surface area contributed by atoms with Crippen LogP contribution < -0.4 is 4.52 Å². The minimum atomic E-state index is -4.00. The average Bonchev–Trinajstić information content (AvgIpc) is 2.69. The van der Waals surface area contributed by atoms with Gasteiger partial charge in [-0.1, -0.05) is 35.9 Å². The normalized spacial score (nSPS) is 18.7. The summed E-state index contributed by atoms with van der Waals surface area (Å²) in [5.41, 5.74) is 0.938. The number of hydrogen-bond acceptors (Lipinski definition) is 7. The van der Waals surface area contributed by atoms with Crippen molar-refractivity contribution in [2.45, 2.75) is 20.8 Å². The molecule has 7 nitrogen and oxygen atoms in total. The maximum Gasteiger partial charge on any atom is 0.530 e. The largest absolute Gasteiger partial charge is 0.530 e. The number of fused-ring (bicyclic) bond motifs is 1. The Hall–Kier alpha value is -1.59. The van der Waals surface area contributed by atoms with Crippen molar-refractivity contribution in [3.8, 4) is 5.75 Å². The lowest BCUT2D eigenvalue weighted by Gasteiger charge is -2.31. The summed E-state index contributed by atoms with van der Waals surface area (Å²) in [6, 6.07) is 13.4. The van der Waals surface area contributed by atoms with Crippen molar-refractivity contribution in [1.82, 2.24) is 0 Å². The van der Waals surface area contributed by atoms with Gasteiger partial charge in [-0.05, 0) is 50.6 Å². The van der Waals surface area contributed by atoms with Crippen LogP contribution in [0.1, 0.15) is 31.9 Å². The maximum atomic E-state index is 13.8. The molecule has 3 rings (SSSR count). The molecule has 30 heavy (non-hydrogen) atoms. The van der Waals surface area contributed by atoms with Gasteiger partial charge in [0.05, 0.1) is 25.4 Å². The Morgan fingerprint density at radius 1 is 0.967 bits per heavy atom. The Bertz CT molecular complexity index is 1010. The van der Waals surface area contributed by atoms with E-state index in [-0.39, 0.29) is 36.6 Å². The highest BCUT2D eigenvalue weighted by Crippen LogP contribution is 2.68. The molecule has 1 unspecified atom stereocenters. The second-order valence-corrected chi connectivity index (χ2v) is 9.97. The lowest BCUT2D eigenvalue weighted by molar-refractivity contribution is 0.159. The van der Waals surface area contributed by atoms with Crippen molar-refractivity contribution in [2.24, 2.45) is 0 Å². The Balaban J connectivity index is 2.29. The van der Waals surface area contributed by atoms with E-state index >= 15 is 0 Å². The molecule has 0 amide bonds. The van der Waals surface area contributed by atoms with Crippen LogP contribution in [-0.4, -0.2) is 19.8 Å². The number of hydrogen-bond donors (Lipinski definition) is 0. The van der Waals surface area contributed by atoms with Gasteiger partial charge >= 0.3 is 15.4 Å². The van der Waals surface area contributed by atoms with Crippen molar-refractivity contribution >= 4 is 38.1 Å². The number of halogens is 1. The van der Waals surface area contributed by atoms with E-state index in [1.165, 1.54) is 0 Å². The zero-order chi connectivity index (χ0) is 21.8. The summed E-state index contributed by atoms with van der Waals surface area (Å²) >= 11 is 6.03. The van der Waals surface area contributed by atoms with E-state index in [0.29, 0.717) is 16.1 Å². The molecule has 1 atom stereocenters. The molecule has 0 bridgehead atoms. The van der Waals surface area contributed by atoms with Gasteiger partial charge < -0.3 is 9.05 Å². The first kappa shape index (κ1) is 23.1. The first-order valence-corrected chi connectivity index (χ1v) is 12.9. The second-order valence-electron chi connectivity index (χ2n) is 6.06. The molecule has 1 aliphatic rings. The molecule has 1 aliphatic heterocycles. The predicted octanol–water partition coefficient (Wildman–Crippen LogP) is 6.99. The highest BCUT2D eigenvalue weighted by atomic mass is 35.5. The molecule has 0 aliphatic carbocycles. The molecule has 10 heteroatoms. The van der Waals surface area contributed by atoms with Crippen LogP contribution in [-0.2, 0) is 27.2 Å². The maximum absolute atomic E-state index is 13.8. The molecule has 2 aromatic carbocycles. The Morgan fingerprint density at radius 2 is 1.60 bits per heavy atom. The van der Waals surface area contributed by atoms with E-state index < -0.39 is 15.4 Å². The van der Waals surface area contributed by atoms with Crippen LogP contribution in [0.25, 0.3) is 11.1 Å². The van der Waals surface area contributed by atoms with Crippen LogP contribution in [0.4, 0.5) is 0 Å². The van der Waals surface area contributed by atoms with Crippen molar-refractivity contribution in [3.63, 3.8) is 0 Å². The van der Waals surface area contributed by atoms with Gasteiger partial charge in [-0.3, -0.25) is 13.6 Å². The second kappa shape index (κ2) is 9.69. The number of benzene rings is 2. The number of rotatable bonds is 9. The molecule has 0 N–H and O–H groups in total. The average molecular weight is 473 g/mol. The predicted molar refractivity (Wildman–Crippen MR) is 117 cm³/mol. The Morgan fingerprint density at radius 3 is 2.20 bits per heavy atom. The molecule has 0 aromatic heterocycles. The lowest BCUT2D eigenvalue weighted by atomic mass is 10.1. The summed E-state index contributed by atoms with van der Waals surface area (Å²) in [5.74, 6) is 0.336. The van der Waals surface area contributed by atoms with Gasteiger partial charge in [0.2, 0.25) is 0 Å². The fourth-order valence-corrected chi connectivity index (χ4v) is 6.26. The van der Waals surface area contributed by atoms with Gasteiger partial charge in [0.1, 0.15) is 11.1 Å². The van der Waals surface area contributed by atoms with E-state index in [1.807, 2.05) is 0 Å². The van der Waals surface area contributed by atoms with Gasteiger partial charge in [-0.2, -0.15) is 0 Å². The zero-order valence-corrected chi connectivity index (χ0v) is 19.4. The van der Waals surface area contributed by atoms with Crippen LogP contribution in [0.15, 0.2) is 48.5 Å². The quantitative estimate of drug-likeness (QED) is 0.364. The first-order valence-electron chi connectivity index (χ1n) is 9.48. The minimum absolute atomic E-state index is 0.0567. The highest BCUT2D eigenvalue weighted by molar-refractivity contribution is 7.66. The molecule has 162 valence electrons. The smallest absolute Gasteiger partial charge is 0.420 e. The summed E-state index contributed by atoms with van der Waals surface area (Å²) in [7, 11) is -7.90. The summed E-state index contributed by atoms with van der Waals surface area (Å²) in [6.07, 6.45) is 0. The van der Waals surface area contributed by atoms with Gasteiger partial charge in [-0.15, -0.1) is 0 Å². The number of phosphoric ester groups is 1. The van der Waals surface area contributed by atoms with Crippen LogP contribution >= 0.6 is 27.0 Å². The third kappa shape index (κ3) is 4.83. The highest BCUT2D eigenvalue weighted by Gasteiger charge is 2.44. The van der Waals surface area contributed by atoms with E-state index in [9.17, 15) is 9.13 Å². The monoisotopic (exact) mass is 472 g/mol. The minimum Gasteiger partial charge on any atom is -0.420 e. The van der Waals surface area contributed by atoms with Gasteiger partial charge in [-0.25, -0.2) is 9.13 Å². The molecule has 0 spiro atoms. The van der Waals surface area contributed by atoms with Crippen molar-refractivity contribution in [3.05, 3.63) is 64.7 Å². The standard InChI is InChI=1S/C20H23ClO7P2/c1-4-24-29(22)20(15-11-13-16(21)14-12-15)19(17-9-7-8-10-18(17)27-29)28-30(23,25-5-2)26-6-3/h7-14H,4-6H2,1-3H3. The molecule has 2 aromatic rings. The van der Waals surface area contributed by atoms with E-state index in [2.05, 4.69) is 0 Å². The van der Waals surface area contributed by atoms with Crippen LogP contribution in [0.2, 0.25) is 5.02 Å². The fourth-order valence-electron chi connectivity index (χ4n) is 2.93. The van der Waals surface area contributed by atoms with Gasteiger partial charge in [0.15, 0.2) is 5.76 Å². The molecule has 1 heterocycles. The number of phosphoric acid groups is 1. The summed E-state index contributed by atoms with van der Waals surface area (Å²) in [6.45, 7) is 5.37. The van der Waals surface area contributed by atoms with Crippen molar-refractivity contribution in [1.29, 1.82) is 0 Å². The van der Waals surface area contributed by atoms with E-state index in [4.69, 9.17) is 34.2 Å². The zero-order valence-electron chi connectivity index (χ0n) is 16.9. The fraction of sp³-hybridized carbons (Fsp3) is 0.300. The van der Waals surface area contributed by atoms with Crippen molar-refractivity contribution in [2.75, 3.05) is 19.8 Å². The third-order valence-corrected chi connectivity index (χ3v) is 7.88. The summed E-state index contributed by atoms with van der Waals surface area (Å²) in [4.78, 5) is 0. The number of para-hydroxylation sites is 1. The molecular formula is C20H23ClO7P2. The Kier molecular flexibility index (Phi) is 7.46. The van der Waals surface area contributed by atoms with Gasteiger partial charge in [0, 0.05) is 5.02 Å². The van der Waals surface area contributed by atoms with Crippen molar-refractivity contribution < 1.29 is 31.7 Å². The molecule has 0 saturated carbocycles. The lowest BCUT2D eigenvalue weighted by Crippen LogP contribution is -2.11. The molecule has 0 fully saturated rings. The van der Waals surface area contributed by atoms with Crippen LogP contribution in [0.3, 0.4) is 0 Å². The first-order chi connectivity index (χ1) is 14.4. The summed E-state index contributed by atoms with van der Waals surface area (Å²) in [5, 5.41) is 0.624.